The van der Waals surface area contributed by atoms with Crippen molar-refractivity contribution in [3.63, 3.8) is 0 Å². The molecule has 2 heterocycles. The van der Waals surface area contributed by atoms with Crippen LogP contribution in [0.25, 0.3) is 0 Å². The maximum Gasteiger partial charge on any atom is 0.410 e. The summed E-state index contributed by atoms with van der Waals surface area (Å²) in [6.45, 7) is 6.97. The van der Waals surface area contributed by atoms with Gasteiger partial charge in [0.15, 0.2) is 5.13 Å². The Morgan fingerprint density at radius 3 is 2.89 bits per heavy atom. The number of amides is 1. The third kappa shape index (κ3) is 3.35. The molecule has 0 unspecified atom stereocenters. The van der Waals surface area contributed by atoms with Crippen molar-refractivity contribution in [2.24, 2.45) is 0 Å². The van der Waals surface area contributed by atoms with Gasteiger partial charge in [-0.1, -0.05) is 0 Å². The Hall–Kier alpha value is -1.30. The first-order valence-electron chi connectivity index (χ1n) is 6.27. The Balaban J connectivity index is 1.90. The number of nitrogens with zero attached hydrogens (tertiary/aromatic N) is 3. The molecule has 1 aliphatic heterocycles. The van der Waals surface area contributed by atoms with E-state index < -0.39 is 0 Å². The van der Waals surface area contributed by atoms with Gasteiger partial charge in [-0.3, -0.25) is 0 Å². The van der Waals surface area contributed by atoms with E-state index in [0.29, 0.717) is 6.54 Å². The van der Waals surface area contributed by atoms with Crippen LogP contribution in [-0.2, 0) is 4.74 Å². The van der Waals surface area contributed by atoms with Crippen molar-refractivity contribution < 1.29 is 9.53 Å². The zero-order valence-corrected chi connectivity index (χ0v) is 11.7. The van der Waals surface area contributed by atoms with Gasteiger partial charge in [0.25, 0.3) is 0 Å². The minimum absolute atomic E-state index is 0.0594. The van der Waals surface area contributed by atoms with E-state index in [9.17, 15) is 4.79 Å². The first-order chi connectivity index (χ1) is 8.66. The number of carbonyl (C=O) groups excluding carboxylic acids is 1. The molecule has 1 aliphatic rings. The predicted molar refractivity (Wildman–Crippen MR) is 72.1 cm³/mol. The summed E-state index contributed by atoms with van der Waals surface area (Å²) in [6, 6.07) is 0. The van der Waals surface area contributed by atoms with Crippen LogP contribution in [0.4, 0.5) is 9.93 Å². The summed E-state index contributed by atoms with van der Waals surface area (Å²) in [6.07, 6.45) is 2.50. The van der Waals surface area contributed by atoms with Crippen molar-refractivity contribution in [3.05, 3.63) is 11.6 Å². The van der Waals surface area contributed by atoms with Crippen LogP contribution in [0.15, 0.2) is 11.6 Å². The fraction of sp³-hybridized carbons (Fsp3) is 0.667. The van der Waals surface area contributed by atoms with E-state index in [4.69, 9.17) is 4.74 Å². The van der Waals surface area contributed by atoms with Crippen molar-refractivity contribution in [3.8, 4) is 0 Å². The highest BCUT2D eigenvalue weighted by molar-refractivity contribution is 7.13. The van der Waals surface area contributed by atoms with Gasteiger partial charge in [-0.15, -0.1) is 11.3 Å². The Labute approximate surface area is 111 Å². The third-order valence-corrected chi connectivity index (χ3v) is 3.61. The lowest BCUT2D eigenvalue weighted by Gasteiger charge is -2.22. The average molecular weight is 269 g/mol. The zero-order chi connectivity index (χ0) is 13.0. The number of thiazole rings is 1. The standard InChI is InChI=1S/C12H19N3O2S/c1-10(2)17-12(16)15-6-3-5-14(7-8-15)11-13-4-9-18-11/h4,9-10H,3,5-8H2,1-2H3. The van der Waals surface area contributed by atoms with Gasteiger partial charge in [0.2, 0.25) is 0 Å². The summed E-state index contributed by atoms with van der Waals surface area (Å²) in [5, 5.41) is 3.01. The number of hydrogen-bond acceptors (Lipinski definition) is 5. The molecule has 6 heteroatoms. The lowest BCUT2D eigenvalue weighted by Crippen LogP contribution is -2.36. The first kappa shape index (κ1) is 13.1. The fourth-order valence-corrected chi connectivity index (χ4v) is 2.64. The minimum atomic E-state index is -0.203. The molecule has 1 saturated heterocycles. The van der Waals surface area contributed by atoms with Gasteiger partial charge in [0.05, 0.1) is 6.10 Å². The molecule has 0 saturated carbocycles. The van der Waals surface area contributed by atoms with Gasteiger partial charge in [-0.05, 0) is 20.3 Å². The summed E-state index contributed by atoms with van der Waals surface area (Å²) in [5.74, 6) is 0. The molecular formula is C12H19N3O2S. The summed E-state index contributed by atoms with van der Waals surface area (Å²) in [5.41, 5.74) is 0. The van der Waals surface area contributed by atoms with E-state index >= 15 is 0 Å². The molecule has 1 fully saturated rings. The number of carbonyl (C=O) groups is 1. The highest BCUT2D eigenvalue weighted by Crippen LogP contribution is 2.19. The van der Waals surface area contributed by atoms with Crippen LogP contribution in [-0.4, -0.2) is 48.3 Å². The number of anilines is 1. The topological polar surface area (TPSA) is 45.7 Å². The Morgan fingerprint density at radius 2 is 2.22 bits per heavy atom. The number of aromatic nitrogens is 1. The molecule has 1 amide bonds. The van der Waals surface area contributed by atoms with Crippen molar-refractivity contribution in [2.75, 3.05) is 31.1 Å². The summed E-state index contributed by atoms with van der Waals surface area (Å²) >= 11 is 1.64. The molecule has 0 N–H and O–H groups in total. The Bertz CT molecular complexity index is 381. The molecule has 100 valence electrons. The number of hydrogen-bond donors (Lipinski definition) is 0. The van der Waals surface area contributed by atoms with Crippen molar-refractivity contribution >= 4 is 22.6 Å². The van der Waals surface area contributed by atoms with E-state index in [2.05, 4.69) is 9.88 Å². The monoisotopic (exact) mass is 269 g/mol. The Morgan fingerprint density at radius 1 is 1.39 bits per heavy atom. The smallest absolute Gasteiger partial charge is 0.410 e. The van der Waals surface area contributed by atoms with Crippen LogP contribution in [0.3, 0.4) is 0 Å². The second-order valence-electron chi connectivity index (χ2n) is 4.57. The second-order valence-corrected chi connectivity index (χ2v) is 5.45. The molecular weight excluding hydrogens is 250 g/mol. The molecule has 0 radical (unpaired) electrons. The zero-order valence-electron chi connectivity index (χ0n) is 10.8. The maximum absolute atomic E-state index is 11.8. The van der Waals surface area contributed by atoms with Crippen LogP contribution in [0, 0.1) is 0 Å². The van der Waals surface area contributed by atoms with Crippen LogP contribution < -0.4 is 4.90 Å². The highest BCUT2D eigenvalue weighted by Gasteiger charge is 2.21. The molecule has 0 aromatic carbocycles. The van der Waals surface area contributed by atoms with Crippen molar-refractivity contribution in [1.82, 2.24) is 9.88 Å². The molecule has 0 aliphatic carbocycles. The predicted octanol–water partition coefficient (Wildman–Crippen LogP) is 2.20. The van der Waals surface area contributed by atoms with Gasteiger partial charge < -0.3 is 14.5 Å². The van der Waals surface area contributed by atoms with Crippen molar-refractivity contribution in [2.45, 2.75) is 26.4 Å². The molecule has 0 atom stereocenters. The molecule has 1 aromatic heterocycles. The van der Waals surface area contributed by atoms with Crippen LogP contribution in [0.2, 0.25) is 0 Å². The minimum Gasteiger partial charge on any atom is -0.447 e. The molecule has 0 spiro atoms. The van der Waals surface area contributed by atoms with E-state index in [1.54, 1.807) is 16.2 Å². The quantitative estimate of drug-likeness (QED) is 0.825. The van der Waals surface area contributed by atoms with Crippen LogP contribution in [0.1, 0.15) is 20.3 Å². The van der Waals surface area contributed by atoms with E-state index in [0.717, 1.165) is 31.2 Å². The van der Waals surface area contributed by atoms with Crippen LogP contribution >= 0.6 is 11.3 Å². The molecule has 5 nitrogen and oxygen atoms in total. The van der Waals surface area contributed by atoms with Gasteiger partial charge in [0.1, 0.15) is 0 Å². The van der Waals surface area contributed by atoms with E-state index in [1.165, 1.54) is 0 Å². The second kappa shape index (κ2) is 6.04. The van der Waals surface area contributed by atoms with Gasteiger partial charge in [-0.25, -0.2) is 9.78 Å². The third-order valence-electron chi connectivity index (χ3n) is 2.78. The maximum atomic E-state index is 11.8. The van der Waals surface area contributed by atoms with Crippen molar-refractivity contribution in [1.29, 1.82) is 0 Å². The normalized spacial score (nSPS) is 16.8. The number of ether oxygens (including phenoxy) is 1. The van der Waals surface area contributed by atoms with E-state index in [1.807, 2.05) is 25.4 Å². The summed E-state index contributed by atoms with van der Waals surface area (Å²) in [4.78, 5) is 20.2. The first-order valence-corrected chi connectivity index (χ1v) is 7.15. The molecule has 2 rings (SSSR count). The average Bonchev–Trinajstić information content (AvgIpc) is 2.72. The molecule has 0 bridgehead atoms. The van der Waals surface area contributed by atoms with Crippen LogP contribution in [0.5, 0.6) is 0 Å². The van der Waals surface area contributed by atoms with Gasteiger partial charge in [0, 0.05) is 37.8 Å². The lowest BCUT2D eigenvalue weighted by atomic mass is 10.4. The van der Waals surface area contributed by atoms with Gasteiger partial charge in [-0.2, -0.15) is 0 Å². The molecule has 18 heavy (non-hydrogen) atoms. The SMILES string of the molecule is CC(C)OC(=O)N1CCCN(c2nccs2)CC1. The largest absolute Gasteiger partial charge is 0.447 e. The lowest BCUT2D eigenvalue weighted by molar-refractivity contribution is 0.0788. The Kier molecular flexibility index (Phi) is 4.41. The molecule has 1 aromatic rings. The summed E-state index contributed by atoms with van der Waals surface area (Å²) < 4.78 is 5.23. The van der Waals surface area contributed by atoms with E-state index in [-0.39, 0.29) is 12.2 Å². The fourth-order valence-electron chi connectivity index (χ4n) is 1.94. The summed E-state index contributed by atoms with van der Waals surface area (Å²) in [7, 11) is 0. The van der Waals surface area contributed by atoms with Gasteiger partial charge >= 0.3 is 6.09 Å². The number of rotatable bonds is 2. The highest BCUT2D eigenvalue weighted by atomic mass is 32.1.